The topological polar surface area (TPSA) is 237 Å². The lowest BCUT2D eigenvalue weighted by atomic mass is 10.1. The van der Waals surface area contributed by atoms with Gasteiger partial charge in [0, 0.05) is 25.7 Å². The maximum Gasteiger partial charge on any atom is 0.472 e. The molecule has 0 aliphatic rings. The Bertz CT molecular complexity index is 2250. The van der Waals surface area contributed by atoms with Crippen molar-refractivity contribution >= 4 is 39.5 Å². The molecule has 0 amide bonds. The third kappa shape index (κ3) is 68.3. The lowest BCUT2D eigenvalue weighted by molar-refractivity contribution is -0.161. The van der Waals surface area contributed by atoms with E-state index in [4.69, 9.17) is 37.0 Å². The smallest absolute Gasteiger partial charge is 0.462 e. The first kappa shape index (κ1) is 91.7. The number of carbonyl (C=O) groups is 4. The van der Waals surface area contributed by atoms with Crippen molar-refractivity contribution in [1.82, 2.24) is 0 Å². The van der Waals surface area contributed by atoms with E-state index in [0.29, 0.717) is 25.7 Å². The highest BCUT2D eigenvalue weighted by Gasteiger charge is 2.30. The summed E-state index contributed by atoms with van der Waals surface area (Å²) in [6, 6.07) is 0. The molecule has 0 aliphatic heterocycles. The Labute approximate surface area is 581 Å². The average molecular weight is 1390 g/mol. The largest absolute Gasteiger partial charge is 0.472 e. The number of allylic oxidation sites excluding steroid dienone is 18. The summed E-state index contributed by atoms with van der Waals surface area (Å²) in [7, 11) is -9.96. The van der Waals surface area contributed by atoms with Crippen molar-refractivity contribution in [2.24, 2.45) is 0 Å². The van der Waals surface area contributed by atoms with E-state index < -0.39 is 97.5 Å². The van der Waals surface area contributed by atoms with Crippen LogP contribution in [0.5, 0.6) is 0 Å². The van der Waals surface area contributed by atoms with Gasteiger partial charge in [0.1, 0.15) is 19.3 Å². The van der Waals surface area contributed by atoms with E-state index >= 15 is 0 Å². The van der Waals surface area contributed by atoms with Gasteiger partial charge in [0.2, 0.25) is 0 Å². The van der Waals surface area contributed by atoms with Crippen LogP contribution < -0.4 is 0 Å². The Morgan fingerprint density at radius 2 is 0.552 bits per heavy atom. The second kappa shape index (κ2) is 69.2. The number of hydrogen-bond acceptors (Lipinski definition) is 15. The van der Waals surface area contributed by atoms with Gasteiger partial charge in [-0.15, -0.1) is 0 Å². The van der Waals surface area contributed by atoms with E-state index in [1.165, 1.54) is 32.1 Å². The highest BCUT2D eigenvalue weighted by molar-refractivity contribution is 7.47. The molecule has 552 valence electrons. The van der Waals surface area contributed by atoms with Crippen molar-refractivity contribution in [1.29, 1.82) is 0 Å². The molecule has 0 saturated carbocycles. The summed E-state index contributed by atoms with van der Waals surface area (Å²) in [6.07, 6.45) is 72.3. The molecule has 5 atom stereocenters. The molecule has 0 spiro atoms. The molecular formula is C77H132O17P2. The zero-order chi connectivity index (χ0) is 70.4. The molecule has 0 rings (SSSR count). The minimum atomic E-state index is -4.98. The molecule has 0 bridgehead atoms. The van der Waals surface area contributed by atoms with Crippen molar-refractivity contribution < 1.29 is 80.2 Å². The van der Waals surface area contributed by atoms with Crippen LogP contribution in [0, 0.1) is 0 Å². The average Bonchev–Trinajstić information content (AvgIpc) is 1.09. The zero-order valence-electron chi connectivity index (χ0n) is 60.0. The quantitative estimate of drug-likeness (QED) is 0.0169. The lowest BCUT2D eigenvalue weighted by Gasteiger charge is -2.21. The molecular weight excluding hydrogens is 1260 g/mol. The molecule has 0 aromatic rings. The van der Waals surface area contributed by atoms with E-state index in [9.17, 15) is 43.2 Å². The van der Waals surface area contributed by atoms with Crippen LogP contribution in [0.15, 0.2) is 109 Å². The molecule has 5 unspecified atom stereocenters. The summed E-state index contributed by atoms with van der Waals surface area (Å²) >= 11 is 0. The van der Waals surface area contributed by atoms with Crippen LogP contribution in [0.3, 0.4) is 0 Å². The first-order chi connectivity index (χ1) is 46.7. The van der Waals surface area contributed by atoms with Crippen LogP contribution in [0.1, 0.15) is 297 Å². The molecule has 19 heteroatoms. The van der Waals surface area contributed by atoms with E-state index in [-0.39, 0.29) is 25.7 Å². The van der Waals surface area contributed by atoms with Gasteiger partial charge in [-0.3, -0.25) is 37.3 Å². The van der Waals surface area contributed by atoms with Crippen LogP contribution in [0.25, 0.3) is 0 Å². The zero-order valence-corrected chi connectivity index (χ0v) is 61.8. The highest BCUT2D eigenvalue weighted by Crippen LogP contribution is 2.45. The summed E-state index contributed by atoms with van der Waals surface area (Å²) in [5.74, 6) is -2.23. The van der Waals surface area contributed by atoms with Gasteiger partial charge in [0.25, 0.3) is 0 Å². The van der Waals surface area contributed by atoms with Crippen molar-refractivity contribution in [2.45, 2.75) is 316 Å². The summed E-state index contributed by atoms with van der Waals surface area (Å²) < 4.78 is 68.3. The predicted molar refractivity (Wildman–Crippen MR) is 390 cm³/mol. The predicted octanol–water partition coefficient (Wildman–Crippen LogP) is 21.0. The standard InChI is InChI=1S/C77H132O17P2/c1-5-9-13-17-21-25-29-32-35-38-42-45-49-53-57-61-74(79)87-67-72(93-76(81)63-59-55-51-47-41-28-24-20-16-12-8-4)69-91-95(83,84)89-65-71(78)66-90-96(85,86)92-70-73(94-77(82)64-60-56-52-48-44-40-37-34-31-27-23-19-15-11-7-3)68-88-75(80)62-58-54-50-46-43-39-36-33-30-26-22-18-14-10-6-2/h10-11,14-15,20-27,32-37,71-73,78H,5-9,12-13,16-19,28-31,38-70H2,1-4H3,(H,83,84)(H,85,86)/b14-10-,15-11-,24-20-,25-21-,26-22-,27-23-,35-32-,36-33-,37-34-. The monoisotopic (exact) mass is 1390 g/mol. The fourth-order valence-corrected chi connectivity index (χ4v) is 11.1. The number of hydrogen-bond donors (Lipinski definition) is 3. The lowest BCUT2D eigenvalue weighted by Crippen LogP contribution is -2.30. The van der Waals surface area contributed by atoms with Crippen molar-refractivity contribution in [3.8, 4) is 0 Å². The van der Waals surface area contributed by atoms with Gasteiger partial charge in [-0.05, 0) is 141 Å². The normalized spacial score (nSPS) is 14.6. The third-order valence-corrected chi connectivity index (χ3v) is 17.1. The molecule has 0 fully saturated rings. The van der Waals surface area contributed by atoms with Gasteiger partial charge in [0.15, 0.2) is 12.2 Å². The van der Waals surface area contributed by atoms with Crippen molar-refractivity contribution in [3.05, 3.63) is 109 Å². The van der Waals surface area contributed by atoms with Crippen molar-refractivity contribution in [3.63, 3.8) is 0 Å². The fourth-order valence-electron chi connectivity index (χ4n) is 9.55. The second-order valence-corrected chi connectivity index (χ2v) is 27.4. The van der Waals surface area contributed by atoms with E-state index in [1.807, 2.05) is 0 Å². The number of unbranched alkanes of at least 4 members (excludes halogenated alkanes) is 25. The molecule has 0 heterocycles. The van der Waals surface area contributed by atoms with Crippen LogP contribution in [-0.4, -0.2) is 96.7 Å². The minimum Gasteiger partial charge on any atom is -0.462 e. The van der Waals surface area contributed by atoms with Gasteiger partial charge in [-0.1, -0.05) is 240 Å². The number of phosphoric ester groups is 2. The van der Waals surface area contributed by atoms with Crippen LogP contribution >= 0.6 is 15.6 Å². The number of rotatable bonds is 69. The second-order valence-electron chi connectivity index (χ2n) is 24.5. The summed E-state index contributed by atoms with van der Waals surface area (Å²) in [5, 5.41) is 10.6. The number of phosphoric acid groups is 2. The maximum absolute atomic E-state index is 13.1. The molecule has 0 aromatic heterocycles. The fraction of sp³-hybridized carbons (Fsp3) is 0.714. The Hall–Kier alpha value is -4.28. The summed E-state index contributed by atoms with van der Waals surface area (Å²) in [6.45, 7) is 4.52. The van der Waals surface area contributed by atoms with Crippen LogP contribution in [0.2, 0.25) is 0 Å². The van der Waals surface area contributed by atoms with Gasteiger partial charge in [-0.25, -0.2) is 9.13 Å². The Kier molecular flexibility index (Phi) is 66.1. The third-order valence-electron chi connectivity index (χ3n) is 15.2. The number of ether oxygens (including phenoxy) is 4. The molecule has 96 heavy (non-hydrogen) atoms. The first-order valence-electron chi connectivity index (χ1n) is 37.1. The van der Waals surface area contributed by atoms with E-state index in [2.05, 4.69) is 137 Å². The molecule has 0 radical (unpaired) electrons. The van der Waals surface area contributed by atoms with Gasteiger partial charge in [0.05, 0.1) is 26.4 Å². The Balaban J connectivity index is 5.36. The van der Waals surface area contributed by atoms with E-state index in [0.717, 1.165) is 186 Å². The van der Waals surface area contributed by atoms with Crippen molar-refractivity contribution in [2.75, 3.05) is 39.6 Å². The number of aliphatic hydroxyl groups is 1. The summed E-state index contributed by atoms with van der Waals surface area (Å²) in [4.78, 5) is 72.7. The molecule has 3 N–H and O–H groups in total. The van der Waals surface area contributed by atoms with E-state index in [1.54, 1.807) is 0 Å². The van der Waals surface area contributed by atoms with Crippen LogP contribution in [0.4, 0.5) is 0 Å². The van der Waals surface area contributed by atoms with Crippen LogP contribution in [-0.2, 0) is 65.4 Å². The molecule has 0 aromatic carbocycles. The maximum atomic E-state index is 13.1. The highest BCUT2D eigenvalue weighted by atomic mass is 31.2. The van der Waals surface area contributed by atoms with Gasteiger partial charge >= 0.3 is 39.5 Å². The molecule has 17 nitrogen and oxygen atoms in total. The SMILES string of the molecule is CC/C=C\C/C=C\C/C=C\CCCCCCCC(=O)OCC(COP(=O)(O)OCC(O)COP(=O)(O)OCC(COC(=O)CCCCCCC/C=C\C/C=C\CCCCC)OC(=O)CCCCCCC/C=C\CCCC)OC(=O)CCCCCCC/C=C\C/C=C\C/C=C\CC. The number of esters is 4. The Morgan fingerprint density at radius 1 is 0.302 bits per heavy atom. The minimum absolute atomic E-state index is 0.0697. The molecule has 0 saturated heterocycles. The Morgan fingerprint density at radius 3 is 0.875 bits per heavy atom. The summed E-state index contributed by atoms with van der Waals surface area (Å²) in [5.41, 5.74) is 0. The number of aliphatic hydroxyl groups excluding tert-OH is 1. The van der Waals surface area contributed by atoms with Gasteiger partial charge in [-0.2, -0.15) is 0 Å². The first-order valence-corrected chi connectivity index (χ1v) is 40.1. The van der Waals surface area contributed by atoms with Gasteiger partial charge < -0.3 is 33.8 Å². The number of carbonyl (C=O) groups excluding carboxylic acids is 4. The molecule has 0 aliphatic carbocycles.